The quantitative estimate of drug-likeness (QED) is 0.823. The van der Waals surface area contributed by atoms with Crippen LogP contribution in [0.3, 0.4) is 0 Å². The number of methoxy groups -OCH3 is 1. The van der Waals surface area contributed by atoms with Crippen LogP contribution in [0.2, 0.25) is 0 Å². The lowest BCUT2D eigenvalue weighted by Crippen LogP contribution is -2.29. The first-order chi connectivity index (χ1) is 11.5. The zero-order valence-electron chi connectivity index (χ0n) is 14.0. The molecule has 1 amide bonds. The Hall–Kier alpha value is -2.89. The summed E-state index contributed by atoms with van der Waals surface area (Å²) < 4.78 is 10.2. The maximum Gasteiger partial charge on any atom is 0.337 e. The van der Waals surface area contributed by atoms with E-state index in [2.05, 4.69) is 15.0 Å². The third-order valence-electron chi connectivity index (χ3n) is 3.62. The topological polar surface area (TPSA) is 77.5 Å². The van der Waals surface area contributed by atoms with Gasteiger partial charge in [-0.05, 0) is 43.2 Å². The first-order valence-electron chi connectivity index (χ1n) is 7.50. The summed E-state index contributed by atoms with van der Waals surface area (Å²) in [6.07, 6.45) is 1.50. The molecule has 1 aromatic heterocycles. The van der Waals surface area contributed by atoms with Crippen LogP contribution in [0.4, 0.5) is 0 Å². The van der Waals surface area contributed by atoms with Crippen molar-refractivity contribution in [1.82, 2.24) is 10.3 Å². The van der Waals surface area contributed by atoms with Gasteiger partial charge in [0, 0.05) is 6.20 Å². The number of hydrogen-bond acceptors (Lipinski definition) is 5. The van der Waals surface area contributed by atoms with Crippen LogP contribution in [0.1, 0.15) is 27.2 Å². The van der Waals surface area contributed by atoms with Gasteiger partial charge in [-0.2, -0.15) is 0 Å². The summed E-state index contributed by atoms with van der Waals surface area (Å²) in [4.78, 5) is 27.5. The summed E-state index contributed by atoms with van der Waals surface area (Å²) in [5.41, 5.74) is 3.08. The zero-order valence-corrected chi connectivity index (χ0v) is 14.0. The highest BCUT2D eigenvalue weighted by Gasteiger charge is 2.09. The van der Waals surface area contributed by atoms with Gasteiger partial charge in [0.05, 0.1) is 24.9 Å². The van der Waals surface area contributed by atoms with Crippen molar-refractivity contribution in [3.63, 3.8) is 0 Å². The van der Waals surface area contributed by atoms with Gasteiger partial charge in [0.15, 0.2) is 6.61 Å². The van der Waals surface area contributed by atoms with E-state index in [0.29, 0.717) is 17.0 Å². The van der Waals surface area contributed by atoms with E-state index in [1.165, 1.54) is 13.3 Å². The van der Waals surface area contributed by atoms with E-state index in [9.17, 15) is 9.59 Å². The average molecular weight is 328 g/mol. The number of nitrogens with zero attached hydrogens (tertiary/aromatic N) is 1. The van der Waals surface area contributed by atoms with Crippen molar-refractivity contribution in [2.24, 2.45) is 0 Å². The number of pyridine rings is 1. The van der Waals surface area contributed by atoms with Crippen LogP contribution < -0.4 is 10.1 Å². The van der Waals surface area contributed by atoms with E-state index in [1.54, 1.807) is 12.1 Å². The van der Waals surface area contributed by atoms with Gasteiger partial charge in [-0.3, -0.25) is 9.78 Å². The number of ether oxygens (including phenoxy) is 2. The lowest BCUT2D eigenvalue weighted by Gasteiger charge is -2.11. The molecule has 1 heterocycles. The Morgan fingerprint density at radius 2 is 2.00 bits per heavy atom. The molecule has 0 saturated carbocycles. The van der Waals surface area contributed by atoms with Gasteiger partial charge in [-0.25, -0.2) is 4.79 Å². The molecule has 126 valence electrons. The maximum atomic E-state index is 11.9. The second-order valence-corrected chi connectivity index (χ2v) is 5.29. The van der Waals surface area contributed by atoms with Crippen molar-refractivity contribution >= 4 is 11.9 Å². The number of rotatable bonds is 6. The molecule has 0 aliphatic carbocycles. The van der Waals surface area contributed by atoms with E-state index >= 15 is 0 Å². The molecule has 0 saturated heterocycles. The highest BCUT2D eigenvalue weighted by atomic mass is 16.5. The molecule has 24 heavy (non-hydrogen) atoms. The Morgan fingerprint density at radius 1 is 1.21 bits per heavy atom. The number of carbonyl (C=O) groups is 2. The normalized spacial score (nSPS) is 10.1. The number of aryl methyl sites for hydroxylation is 1. The number of aromatic nitrogens is 1. The van der Waals surface area contributed by atoms with Crippen LogP contribution in [0.5, 0.6) is 5.75 Å². The van der Waals surface area contributed by atoms with Crippen molar-refractivity contribution in [2.45, 2.75) is 20.4 Å². The summed E-state index contributed by atoms with van der Waals surface area (Å²) in [5, 5.41) is 2.71. The predicted octanol–water partition coefficient (Wildman–Crippen LogP) is 2.18. The summed E-state index contributed by atoms with van der Waals surface area (Å²) in [6, 6.07) is 8.84. The second-order valence-electron chi connectivity index (χ2n) is 5.29. The molecular weight excluding hydrogens is 308 g/mol. The lowest BCUT2D eigenvalue weighted by atomic mass is 10.1. The number of esters is 1. The summed E-state index contributed by atoms with van der Waals surface area (Å²) in [7, 11) is 1.31. The number of nitrogens with one attached hydrogen (secondary N) is 1. The molecule has 6 heteroatoms. The highest BCUT2D eigenvalue weighted by molar-refractivity contribution is 5.89. The van der Waals surface area contributed by atoms with Crippen LogP contribution >= 0.6 is 0 Å². The third-order valence-corrected chi connectivity index (χ3v) is 3.62. The molecule has 0 bridgehead atoms. The van der Waals surface area contributed by atoms with Crippen LogP contribution in [-0.4, -0.2) is 30.6 Å². The van der Waals surface area contributed by atoms with Crippen molar-refractivity contribution in [1.29, 1.82) is 0 Å². The van der Waals surface area contributed by atoms with Crippen molar-refractivity contribution in [3.05, 3.63) is 58.9 Å². The van der Waals surface area contributed by atoms with Crippen LogP contribution in [0.25, 0.3) is 0 Å². The summed E-state index contributed by atoms with van der Waals surface area (Å²) >= 11 is 0. The number of amides is 1. The fourth-order valence-corrected chi connectivity index (χ4v) is 2.08. The first-order valence-corrected chi connectivity index (χ1v) is 7.50. The molecule has 0 aliphatic heterocycles. The molecule has 0 atom stereocenters. The molecule has 1 N–H and O–H groups in total. The standard InChI is InChI=1S/C18H20N2O4/c1-12-5-4-6-16(13(12)2)24-11-17(21)20-10-15-9-14(7-8-19-15)18(22)23-3/h4-9H,10-11H2,1-3H3,(H,20,21). The summed E-state index contributed by atoms with van der Waals surface area (Å²) in [5.74, 6) is -0.0135. The van der Waals surface area contributed by atoms with E-state index in [-0.39, 0.29) is 19.1 Å². The number of hydrogen-bond donors (Lipinski definition) is 1. The first kappa shape index (κ1) is 17.5. The zero-order chi connectivity index (χ0) is 17.5. The average Bonchev–Trinajstić information content (AvgIpc) is 2.60. The number of carbonyl (C=O) groups excluding carboxylic acids is 2. The number of benzene rings is 1. The smallest absolute Gasteiger partial charge is 0.337 e. The highest BCUT2D eigenvalue weighted by Crippen LogP contribution is 2.20. The van der Waals surface area contributed by atoms with Crippen molar-refractivity contribution in [2.75, 3.05) is 13.7 Å². The molecule has 6 nitrogen and oxygen atoms in total. The lowest BCUT2D eigenvalue weighted by molar-refractivity contribution is -0.123. The molecule has 1 aromatic carbocycles. The van der Waals surface area contributed by atoms with E-state index in [0.717, 1.165) is 11.1 Å². The minimum absolute atomic E-state index is 0.0824. The molecular formula is C18H20N2O4. The molecule has 0 radical (unpaired) electrons. The molecule has 2 rings (SSSR count). The van der Waals surface area contributed by atoms with Crippen LogP contribution in [-0.2, 0) is 16.1 Å². The van der Waals surface area contributed by atoms with Gasteiger partial charge in [0.2, 0.25) is 0 Å². The Morgan fingerprint density at radius 3 is 2.75 bits per heavy atom. The molecule has 0 spiro atoms. The SMILES string of the molecule is COC(=O)c1ccnc(CNC(=O)COc2cccc(C)c2C)c1. The minimum Gasteiger partial charge on any atom is -0.483 e. The van der Waals surface area contributed by atoms with Gasteiger partial charge < -0.3 is 14.8 Å². The fourth-order valence-electron chi connectivity index (χ4n) is 2.08. The Labute approximate surface area is 140 Å². The molecule has 0 unspecified atom stereocenters. The van der Waals surface area contributed by atoms with Gasteiger partial charge in [-0.15, -0.1) is 0 Å². The van der Waals surface area contributed by atoms with Gasteiger partial charge >= 0.3 is 5.97 Å². The molecule has 2 aromatic rings. The molecule has 0 fully saturated rings. The molecule has 0 aliphatic rings. The van der Waals surface area contributed by atoms with Crippen molar-refractivity contribution in [3.8, 4) is 5.75 Å². The Kier molecular flexibility index (Phi) is 5.89. The predicted molar refractivity (Wildman–Crippen MR) is 88.8 cm³/mol. The minimum atomic E-state index is -0.441. The second kappa shape index (κ2) is 8.10. The maximum absolute atomic E-state index is 11.9. The Balaban J connectivity index is 1.87. The van der Waals surface area contributed by atoms with Gasteiger partial charge in [0.1, 0.15) is 5.75 Å². The van der Waals surface area contributed by atoms with E-state index < -0.39 is 5.97 Å². The third kappa shape index (κ3) is 4.55. The monoisotopic (exact) mass is 328 g/mol. The largest absolute Gasteiger partial charge is 0.483 e. The fraction of sp³-hybridized carbons (Fsp3) is 0.278. The van der Waals surface area contributed by atoms with Crippen molar-refractivity contribution < 1.29 is 19.1 Å². The summed E-state index contributed by atoms with van der Waals surface area (Å²) in [6.45, 7) is 4.06. The van der Waals surface area contributed by atoms with E-state index in [4.69, 9.17) is 4.74 Å². The Bertz CT molecular complexity index is 744. The van der Waals surface area contributed by atoms with Gasteiger partial charge in [-0.1, -0.05) is 12.1 Å². The van der Waals surface area contributed by atoms with Crippen LogP contribution in [0.15, 0.2) is 36.5 Å². The van der Waals surface area contributed by atoms with E-state index in [1.807, 2.05) is 32.0 Å². The van der Waals surface area contributed by atoms with Crippen LogP contribution in [0, 0.1) is 13.8 Å². The van der Waals surface area contributed by atoms with Gasteiger partial charge in [0.25, 0.3) is 5.91 Å².